The van der Waals surface area contributed by atoms with E-state index in [0.717, 1.165) is 12.1 Å². The molecule has 0 bridgehead atoms. The summed E-state index contributed by atoms with van der Waals surface area (Å²) < 4.78 is 12.0. The van der Waals surface area contributed by atoms with Crippen LogP contribution in [-0.4, -0.2) is 39.2 Å². The Morgan fingerprint density at radius 3 is 2.16 bits per heavy atom. The van der Waals surface area contributed by atoms with Gasteiger partial charge in [0.05, 0.1) is 5.69 Å². The van der Waals surface area contributed by atoms with E-state index in [0.29, 0.717) is 17.3 Å². The van der Waals surface area contributed by atoms with E-state index in [4.69, 9.17) is 9.47 Å². The van der Waals surface area contributed by atoms with Crippen LogP contribution in [0.4, 0.5) is 15.4 Å². The number of hydrogen-bond donors (Lipinski definition) is 2. The highest BCUT2D eigenvalue weighted by Gasteiger charge is 2.27. The fourth-order valence-corrected chi connectivity index (χ4v) is 3.16. The third-order valence-corrected chi connectivity index (χ3v) is 4.72. The van der Waals surface area contributed by atoms with Crippen LogP contribution in [0.15, 0.2) is 24.3 Å². The summed E-state index contributed by atoms with van der Waals surface area (Å²) in [6, 6.07) is 8.63. The lowest BCUT2D eigenvalue weighted by Crippen LogP contribution is -2.29. The van der Waals surface area contributed by atoms with Gasteiger partial charge in [0.1, 0.15) is 11.2 Å². The minimum atomic E-state index is -0.676. The summed E-state index contributed by atoms with van der Waals surface area (Å²) in [5.41, 5.74) is 1.86. The zero-order valence-electron chi connectivity index (χ0n) is 20.0. The van der Waals surface area contributed by atoms with E-state index in [1.807, 2.05) is 24.3 Å². The summed E-state index contributed by atoms with van der Waals surface area (Å²) in [6.07, 6.45) is 1.22. The molecular weight excluding hydrogens is 408 g/mol. The highest BCUT2D eigenvalue weighted by molar-refractivity contribution is 5.92. The van der Waals surface area contributed by atoms with Crippen molar-refractivity contribution < 1.29 is 19.1 Å². The van der Waals surface area contributed by atoms with Gasteiger partial charge in [-0.3, -0.25) is 5.32 Å². The van der Waals surface area contributed by atoms with Crippen molar-refractivity contribution >= 4 is 18.0 Å². The largest absolute Gasteiger partial charge is 0.444 e. The van der Waals surface area contributed by atoms with Crippen molar-refractivity contribution in [2.75, 3.05) is 5.32 Å². The van der Waals surface area contributed by atoms with E-state index in [9.17, 15) is 9.59 Å². The standard InChI is InChI=1S/C24H34N4O4/c1-15-19(17-10-8-16(9-11-17)14-25-18-12-13-18)20(26-21(29)31-23(2,3)4)27-28(15)22(30)32-24(5,6)7/h8-11,18,25H,12-14H2,1-7H3,(H,26,27,29). The van der Waals surface area contributed by atoms with Gasteiger partial charge in [-0.05, 0) is 72.4 Å². The molecule has 1 aliphatic carbocycles. The Labute approximate surface area is 189 Å². The summed E-state index contributed by atoms with van der Waals surface area (Å²) in [6.45, 7) is 13.3. The molecule has 1 aromatic carbocycles. The Morgan fingerprint density at radius 2 is 1.62 bits per heavy atom. The Morgan fingerprint density at radius 1 is 1.03 bits per heavy atom. The van der Waals surface area contributed by atoms with Crippen molar-refractivity contribution in [2.45, 2.75) is 85.1 Å². The molecule has 1 heterocycles. The molecule has 0 unspecified atom stereocenters. The van der Waals surface area contributed by atoms with Gasteiger partial charge in [0.15, 0.2) is 5.82 Å². The number of rotatable bonds is 5. The first-order valence-electron chi connectivity index (χ1n) is 11.0. The molecule has 0 radical (unpaired) electrons. The second-order valence-corrected chi connectivity index (χ2v) is 10.2. The van der Waals surface area contributed by atoms with Crippen molar-refractivity contribution in [1.82, 2.24) is 15.1 Å². The monoisotopic (exact) mass is 442 g/mol. The Bertz CT molecular complexity index is 977. The normalized spacial score (nSPS) is 14.2. The first-order chi connectivity index (χ1) is 14.8. The van der Waals surface area contributed by atoms with Crippen LogP contribution in [-0.2, 0) is 16.0 Å². The van der Waals surface area contributed by atoms with E-state index < -0.39 is 23.4 Å². The molecule has 1 aromatic heterocycles. The van der Waals surface area contributed by atoms with Crippen molar-refractivity contribution in [3.8, 4) is 11.1 Å². The topological polar surface area (TPSA) is 94.5 Å². The molecule has 32 heavy (non-hydrogen) atoms. The van der Waals surface area contributed by atoms with Gasteiger partial charge in [0.2, 0.25) is 0 Å². The molecule has 1 amide bonds. The molecule has 0 aliphatic heterocycles. The van der Waals surface area contributed by atoms with Crippen LogP contribution in [0.5, 0.6) is 0 Å². The average Bonchev–Trinajstić information content (AvgIpc) is 3.41. The predicted octanol–water partition coefficient (Wildman–Crippen LogP) is 5.24. The number of nitrogens with zero attached hydrogens (tertiary/aromatic N) is 2. The molecule has 0 saturated heterocycles. The quantitative estimate of drug-likeness (QED) is 0.657. The van der Waals surface area contributed by atoms with Crippen LogP contribution >= 0.6 is 0 Å². The van der Waals surface area contributed by atoms with E-state index in [1.54, 1.807) is 48.5 Å². The lowest BCUT2D eigenvalue weighted by molar-refractivity contribution is 0.0508. The maximum atomic E-state index is 12.7. The summed E-state index contributed by atoms with van der Waals surface area (Å²) in [4.78, 5) is 25.2. The third kappa shape index (κ3) is 6.56. The molecule has 2 N–H and O–H groups in total. The number of hydrogen-bond acceptors (Lipinski definition) is 6. The van der Waals surface area contributed by atoms with Gasteiger partial charge < -0.3 is 14.8 Å². The minimum absolute atomic E-state index is 0.242. The van der Waals surface area contributed by atoms with Gasteiger partial charge in [0, 0.05) is 18.2 Å². The number of nitrogens with one attached hydrogen (secondary N) is 2. The number of benzene rings is 1. The predicted molar refractivity (Wildman–Crippen MR) is 124 cm³/mol. The van der Waals surface area contributed by atoms with E-state index in [-0.39, 0.29) is 5.82 Å². The zero-order valence-corrected chi connectivity index (χ0v) is 20.0. The third-order valence-electron chi connectivity index (χ3n) is 4.72. The molecule has 3 rings (SSSR count). The number of carbonyl (C=O) groups is 2. The van der Waals surface area contributed by atoms with Crippen LogP contribution in [0, 0.1) is 6.92 Å². The van der Waals surface area contributed by atoms with Gasteiger partial charge in [0.25, 0.3) is 0 Å². The van der Waals surface area contributed by atoms with Crippen LogP contribution in [0.3, 0.4) is 0 Å². The fraction of sp³-hybridized carbons (Fsp3) is 0.542. The smallest absolute Gasteiger partial charge is 0.435 e. The van der Waals surface area contributed by atoms with Crippen molar-refractivity contribution in [3.05, 3.63) is 35.5 Å². The number of anilines is 1. The molecule has 8 nitrogen and oxygen atoms in total. The molecule has 8 heteroatoms. The molecule has 0 spiro atoms. The second-order valence-electron chi connectivity index (χ2n) is 10.2. The summed E-state index contributed by atoms with van der Waals surface area (Å²) in [7, 11) is 0. The van der Waals surface area contributed by atoms with Gasteiger partial charge in [-0.1, -0.05) is 24.3 Å². The maximum Gasteiger partial charge on any atom is 0.435 e. The molecule has 1 fully saturated rings. The van der Waals surface area contributed by atoms with Gasteiger partial charge in [-0.2, -0.15) is 4.68 Å². The Hall–Kier alpha value is -2.87. The summed E-state index contributed by atoms with van der Waals surface area (Å²) in [5, 5.41) is 10.5. The van der Waals surface area contributed by atoms with Crippen LogP contribution in [0.1, 0.15) is 65.6 Å². The zero-order chi connectivity index (χ0) is 23.7. The number of carbonyl (C=O) groups excluding carboxylic acids is 2. The van der Waals surface area contributed by atoms with Crippen molar-refractivity contribution in [2.24, 2.45) is 0 Å². The first kappa shape index (κ1) is 23.8. The number of ether oxygens (including phenoxy) is 2. The SMILES string of the molecule is Cc1c(-c2ccc(CNC3CC3)cc2)c(NC(=O)OC(C)(C)C)nn1C(=O)OC(C)(C)C. The van der Waals surface area contributed by atoms with E-state index >= 15 is 0 Å². The van der Waals surface area contributed by atoms with Gasteiger partial charge in [-0.25, -0.2) is 9.59 Å². The Kier molecular flexibility index (Phi) is 6.64. The van der Waals surface area contributed by atoms with Gasteiger partial charge >= 0.3 is 12.2 Å². The van der Waals surface area contributed by atoms with Crippen molar-refractivity contribution in [3.63, 3.8) is 0 Å². The van der Waals surface area contributed by atoms with E-state index in [1.165, 1.54) is 23.1 Å². The first-order valence-corrected chi connectivity index (χ1v) is 11.0. The molecule has 1 saturated carbocycles. The molecule has 174 valence electrons. The second kappa shape index (κ2) is 8.94. The van der Waals surface area contributed by atoms with E-state index in [2.05, 4.69) is 15.7 Å². The fourth-order valence-electron chi connectivity index (χ4n) is 3.16. The number of aromatic nitrogens is 2. The van der Waals surface area contributed by atoms with Crippen molar-refractivity contribution in [1.29, 1.82) is 0 Å². The molecule has 0 atom stereocenters. The van der Waals surface area contributed by atoms with Crippen LogP contribution < -0.4 is 10.6 Å². The maximum absolute atomic E-state index is 12.7. The highest BCUT2D eigenvalue weighted by atomic mass is 16.6. The molecule has 1 aliphatic rings. The highest BCUT2D eigenvalue weighted by Crippen LogP contribution is 2.32. The summed E-state index contributed by atoms with van der Waals surface area (Å²) >= 11 is 0. The molecule has 2 aromatic rings. The Balaban J connectivity index is 1.92. The number of amides is 1. The summed E-state index contributed by atoms with van der Waals surface area (Å²) in [5.74, 6) is 0.242. The average molecular weight is 443 g/mol. The lowest BCUT2D eigenvalue weighted by Gasteiger charge is -2.19. The lowest BCUT2D eigenvalue weighted by atomic mass is 10.0. The van der Waals surface area contributed by atoms with Crippen LogP contribution in [0.2, 0.25) is 0 Å². The van der Waals surface area contributed by atoms with Gasteiger partial charge in [-0.15, -0.1) is 5.10 Å². The minimum Gasteiger partial charge on any atom is -0.444 e. The van der Waals surface area contributed by atoms with Crippen LogP contribution in [0.25, 0.3) is 11.1 Å². The molecular formula is C24H34N4O4.